The zero-order valence-corrected chi connectivity index (χ0v) is 19.3. The van der Waals surface area contributed by atoms with Gasteiger partial charge in [0.25, 0.3) is 0 Å². The number of carbonyl (C=O) groups excluding carboxylic acids is 2. The second-order valence-electron chi connectivity index (χ2n) is 8.08. The van der Waals surface area contributed by atoms with Gasteiger partial charge in [0.15, 0.2) is 0 Å². The topological polar surface area (TPSA) is 56.3 Å². The number of ether oxygens (including phenoxy) is 1. The lowest BCUT2D eigenvalue weighted by molar-refractivity contribution is -0.131. The Morgan fingerprint density at radius 2 is 1.72 bits per heavy atom. The molecule has 0 unspecified atom stereocenters. The van der Waals surface area contributed by atoms with Gasteiger partial charge >= 0.3 is 6.03 Å². The number of nitrogens with zero attached hydrogens (tertiary/aromatic N) is 4. The van der Waals surface area contributed by atoms with Crippen molar-refractivity contribution in [2.45, 2.75) is 13.8 Å². The van der Waals surface area contributed by atoms with Crippen molar-refractivity contribution < 1.29 is 14.3 Å². The molecule has 0 atom stereocenters. The van der Waals surface area contributed by atoms with Crippen molar-refractivity contribution in [3.8, 4) is 5.75 Å². The number of halogens is 1. The van der Waals surface area contributed by atoms with Gasteiger partial charge in [0.05, 0.1) is 6.61 Å². The molecule has 0 N–H and O–H groups in total. The smallest absolute Gasteiger partial charge is 0.325 e. The van der Waals surface area contributed by atoms with Crippen LogP contribution in [0.3, 0.4) is 0 Å². The number of aryl methyl sites for hydroxylation is 1. The predicted octanol–water partition coefficient (Wildman–Crippen LogP) is 3.64. The maximum atomic E-state index is 12.9. The summed E-state index contributed by atoms with van der Waals surface area (Å²) in [5.74, 6) is 0.774. The van der Waals surface area contributed by atoms with Crippen LogP contribution in [0.2, 0.25) is 5.02 Å². The molecule has 0 aliphatic carbocycles. The van der Waals surface area contributed by atoms with Gasteiger partial charge in [-0.2, -0.15) is 0 Å². The molecule has 7 nitrogen and oxygen atoms in total. The summed E-state index contributed by atoms with van der Waals surface area (Å²) in [6.07, 6.45) is 0. The average Bonchev–Trinajstić information content (AvgIpc) is 3.16. The van der Waals surface area contributed by atoms with Crippen molar-refractivity contribution in [1.82, 2.24) is 9.80 Å². The monoisotopic (exact) mass is 456 g/mol. The van der Waals surface area contributed by atoms with E-state index in [4.69, 9.17) is 16.3 Å². The quantitative estimate of drug-likeness (QED) is 0.666. The van der Waals surface area contributed by atoms with E-state index in [1.54, 1.807) is 9.80 Å². The van der Waals surface area contributed by atoms with Crippen molar-refractivity contribution in [1.29, 1.82) is 0 Å². The van der Waals surface area contributed by atoms with Crippen LogP contribution >= 0.6 is 11.6 Å². The van der Waals surface area contributed by atoms with E-state index >= 15 is 0 Å². The summed E-state index contributed by atoms with van der Waals surface area (Å²) in [6.45, 7) is 8.60. The van der Waals surface area contributed by atoms with Crippen LogP contribution in [-0.2, 0) is 4.79 Å². The molecule has 0 aromatic heterocycles. The van der Waals surface area contributed by atoms with Crippen LogP contribution in [0.4, 0.5) is 16.2 Å². The Morgan fingerprint density at radius 1 is 1.00 bits per heavy atom. The molecule has 0 spiro atoms. The lowest BCUT2D eigenvalue weighted by Crippen LogP contribution is -2.51. The molecule has 0 saturated carbocycles. The summed E-state index contributed by atoms with van der Waals surface area (Å²) in [5.41, 5.74) is 3.11. The second kappa shape index (κ2) is 9.69. The Bertz CT molecular complexity index is 974. The zero-order chi connectivity index (χ0) is 22.7. The Labute approximate surface area is 194 Å². The molecular formula is C24H29ClN4O3. The van der Waals surface area contributed by atoms with Gasteiger partial charge < -0.3 is 19.4 Å². The van der Waals surface area contributed by atoms with E-state index in [0.717, 1.165) is 30.2 Å². The van der Waals surface area contributed by atoms with Gasteiger partial charge in [0, 0.05) is 55.7 Å². The fraction of sp³-hybridized carbons (Fsp3) is 0.417. The lowest BCUT2D eigenvalue weighted by Gasteiger charge is -2.37. The third kappa shape index (κ3) is 4.78. The minimum atomic E-state index is -0.129. The number of amides is 3. The molecule has 3 amide bonds. The first kappa shape index (κ1) is 22.3. The minimum absolute atomic E-state index is 0.00522. The maximum Gasteiger partial charge on any atom is 0.325 e. The number of hydrogen-bond donors (Lipinski definition) is 0. The van der Waals surface area contributed by atoms with Gasteiger partial charge in [-0.3, -0.25) is 9.69 Å². The number of anilines is 2. The molecule has 2 saturated heterocycles. The fourth-order valence-electron chi connectivity index (χ4n) is 4.24. The highest BCUT2D eigenvalue weighted by Gasteiger charge is 2.32. The number of benzene rings is 2. The molecule has 2 aromatic carbocycles. The van der Waals surface area contributed by atoms with Gasteiger partial charge in [-0.15, -0.1) is 0 Å². The molecule has 2 heterocycles. The Kier molecular flexibility index (Phi) is 6.74. The Morgan fingerprint density at radius 3 is 2.41 bits per heavy atom. The van der Waals surface area contributed by atoms with Gasteiger partial charge in [-0.25, -0.2) is 4.79 Å². The standard InChI is InChI=1S/C24H29ClN4O3/c1-3-32-21-8-6-20(7-9-21)29-15-14-28(24(29)31)17-23(30)27-12-10-26(11-13-27)22-16-19(25)5-4-18(22)2/h4-9,16H,3,10-15,17H2,1-2H3. The number of rotatable bonds is 6. The van der Waals surface area contributed by atoms with Crippen molar-refractivity contribution in [2.24, 2.45) is 0 Å². The summed E-state index contributed by atoms with van der Waals surface area (Å²) in [5, 5.41) is 0.716. The van der Waals surface area contributed by atoms with Crippen LogP contribution in [0.1, 0.15) is 12.5 Å². The number of urea groups is 1. The van der Waals surface area contributed by atoms with Gasteiger partial charge in [-0.1, -0.05) is 17.7 Å². The Hall–Kier alpha value is -2.93. The van der Waals surface area contributed by atoms with E-state index in [2.05, 4.69) is 11.8 Å². The van der Waals surface area contributed by atoms with Crippen molar-refractivity contribution in [3.63, 3.8) is 0 Å². The van der Waals surface area contributed by atoms with E-state index in [-0.39, 0.29) is 18.5 Å². The van der Waals surface area contributed by atoms with E-state index in [9.17, 15) is 9.59 Å². The van der Waals surface area contributed by atoms with Gasteiger partial charge in [-0.05, 0) is 55.8 Å². The number of carbonyl (C=O) groups is 2. The molecule has 170 valence electrons. The number of hydrogen-bond acceptors (Lipinski definition) is 4. The second-order valence-corrected chi connectivity index (χ2v) is 8.52. The highest BCUT2D eigenvalue weighted by molar-refractivity contribution is 6.30. The van der Waals surface area contributed by atoms with Crippen LogP contribution < -0.4 is 14.5 Å². The molecule has 4 rings (SSSR count). The highest BCUT2D eigenvalue weighted by Crippen LogP contribution is 2.26. The molecule has 2 aromatic rings. The van der Waals surface area contributed by atoms with Crippen LogP contribution in [-0.4, -0.2) is 74.2 Å². The van der Waals surface area contributed by atoms with E-state index in [0.29, 0.717) is 37.8 Å². The molecule has 0 bridgehead atoms. The number of piperazine rings is 1. The summed E-state index contributed by atoms with van der Waals surface area (Å²) in [7, 11) is 0. The van der Waals surface area contributed by atoms with E-state index in [1.807, 2.05) is 54.3 Å². The first-order valence-corrected chi connectivity index (χ1v) is 11.4. The molecule has 2 aliphatic rings. The summed E-state index contributed by atoms with van der Waals surface area (Å²) in [6, 6.07) is 13.2. The summed E-state index contributed by atoms with van der Waals surface area (Å²) < 4.78 is 5.47. The molecule has 2 aliphatic heterocycles. The highest BCUT2D eigenvalue weighted by atomic mass is 35.5. The van der Waals surface area contributed by atoms with Crippen LogP contribution in [0.15, 0.2) is 42.5 Å². The fourth-order valence-corrected chi connectivity index (χ4v) is 4.41. The van der Waals surface area contributed by atoms with Gasteiger partial charge in [0.2, 0.25) is 5.91 Å². The normalized spacial score (nSPS) is 16.7. The van der Waals surface area contributed by atoms with Crippen LogP contribution in [0, 0.1) is 6.92 Å². The van der Waals surface area contributed by atoms with Crippen LogP contribution in [0.25, 0.3) is 0 Å². The first-order chi connectivity index (χ1) is 15.5. The lowest BCUT2D eigenvalue weighted by atomic mass is 10.1. The largest absolute Gasteiger partial charge is 0.494 e. The third-order valence-electron chi connectivity index (χ3n) is 6.02. The van der Waals surface area contributed by atoms with Crippen molar-refractivity contribution in [2.75, 3.05) is 62.2 Å². The Balaban J connectivity index is 1.31. The zero-order valence-electron chi connectivity index (χ0n) is 18.6. The summed E-state index contributed by atoms with van der Waals surface area (Å²) in [4.78, 5) is 33.2. The molecule has 2 fully saturated rings. The first-order valence-electron chi connectivity index (χ1n) is 11.0. The van der Waals surface area contributed by atoms with Crippen molar-refractivity contribution in [3.05, 3.63) is 53.1 Å². The van der Waals surface area contributed by atoms with Crippen molar-refractivity contribution >= 4 is 34.9 Å². The van der Waals surface area contributed by atoms with E-state index in [1.165, 1.54) is 5.56 Å². The third-order valence-corrected chi connectivity index (χ3v) is 6.26. The predicted molar refractivity (Wildman–Crippen MR) is 127 cm³/mol. The minimum Gasteiger partial charge on any atom is -0.494 e. The van der Waals surface area contributed by atoms with E-state index < -0.39 is 0 Å². The maximum absolute atomic E-state index is 12.9. The average molecular weight is 457 g/mol. The molecule has 32 heavy (non-hydrogen) atoms. The molecular weight excluding hydrogens is 428 g/mol. The SMILES string of the molecule is CCOc1ccc(N2CCN(CC(=O)N3CCN(c4cc(Cl)ccc4C)CC3)C2=O)cc1. The molecule has 0 radical (unpaired) electrons. The van der Waals surface area contributed by atoms with Gasteiger partial charge in [0.1, 0.15) is 12.3 Å². The molecule has 8 heteroatoms. The van der Waals surface area contributed by atoms with Crippen LogP contribution in [0.5, 0.6) is 5.75 Å². The summed E-state index contributed by atoms with van der Waals surface area (Å²) >= 11 is 6.16.